The molecule has 0 spiro atoms. The summed E-state index contributed by atoms with van der Waals surface area (Å²) in [4.78, 5) is 34.4. The summed E-state index contributed by atoms with van der Waals surface area (Å²) in [7, 11) is 0. The molecule has 0 atom stereocenters. The van der Waals surface area contributed by atoms with Crippen LogP contribution in [-0.2, 0) is 20.9 Å². The van der Waals surface area contributed by atoms with Gasteiger partial charge >= 0.3 is 5.97 Å². The highest BCUT2D eigenvalue weighted by atomic mass is 79.9. The van der Waals surface area contributed by atoms with Crippen molar-refractivity contribution >= 4 is 27.7 Å². The van der Waals surface area contributed by atoms with Crippen LogP contribution in [0.3, 0.4) is 0 Å². The van der Waals surface area contributed by atoms with E-state index in [0.717, 1.165) is 4.47 Å². The predicted octanol–water partition coefficient (Wildman–Crippen LogP) is 2.55. The quantitative estimate of drug-likeness (QED) is 0.703. The number of carbonyl (C=O) groups is 2. The van der Waals surface area contributed by atoms with Crippen LogP contribution in [0.5, 0.6) is 0 Å². The van der Waals surface area contributed by atoms with E-state index >= 15 is 0 Å². The molecule has 116 valence electrons. The van der Waals surface area contributed by atoms with E-state index in [4.69, 9.17) is 4.74 Å². The lowest BCUT2D eigenvalue weighted by Gasteiger charge is -2.21. The first-order valence-electron chi connectivity index (χ1n) is 6.71. The summed E-state index contributed by atoms with van der Waals surface area (Å²) in [6.45, 7) is 5.65. The Labute approximate surface area is 132 Å². The molecule has 0 aliphatic carbocycles. The summed E-state index contributed by atoms with van der Waals surface area (Å²) < 4.78 is 7.39. The Kier molecular flexibility index (Phi) is 6.33. The molecule has 1 rings (SSSR count). The molecule has 0 saturated carbocycles. The monoisotopic (exact) mass is 357 g/mol. The first kappa shape index (κ1) is 17.6. The standard InChI is InChI=1S/C15H20BrNO4/c1-11(18)8-15(2,3)9-14(20)21-7-6-17-10-12(16)4-5-13(17)19/h4-5,10H,6-9H2,1-3H3. The number of pyridine rings is 1. The Morgan fingerprint density at radius 1 is 1.29 bits per heavy atom. The van der Waals surface area contributed by atoms with Crippen LogP contribution in [0.4, 0.5) is 0 Å². The molecule has 0 aliphatic heterocycles. The zero-order chi connectivity index (χ0) is 16.0. The van der Waals surface area contributed by atoms with E-state index in [0.29, 0.717) is 13.0 Å². The van der Waals surface area contributed by atoms with Crippen LogP contribution in [-0.4, -0.2) is 22.9 Å². The number of rotatable bonds is 7. The van der Waals surface area contributed by atoms with Gasteiger partial charge in [-0.25, -0.2) is 0 Å². The topological polar surface area (TPSA) is 65.4 Å². The van der Waals surface area contributed by atoms with Crippen LogP contribution < -0.4 is 5.56 Å². The van der Waals surface area contributed by atoms with Gasteiger partial charge in [0.25, 0.3) is 5.56 Å². The van der Waals surface area contributed by atoms with Gasteiger partial charge in [0.15, 0.2) is 0 Å². The van der Waals surface area contributed by atoms with Crippen molar-refractivity contribution in [1.82, 2.24) is 4.57 Å². The highest BCUT2D eigenvalue weighted by Crippen LogP contribution is 2.25. The molecule has 0 fully saturated rings. The van der Waals surface area contributed by atoms with Crippen LogP contribution in [0.1, 0.15) is 33.6 Å². The highest BCUT2D eigenvalue weighted by molar-refractivity contribution is 9.10. The number of Topliss-reactive ketones (excluding diaryl/α,β-unsaturated/α-hetero) is 1. The van der Waals surface area contributed by atoms with Gasteiger partial charge in [0.2, 0.25) is 0 Å². The van der Waals surface area contributed by atoms with Crippen molar-refractivity contribution in [3.8, 4) is 0 Å². The SMILES string of the molecule is CC(=O)CC(C)(C)CC(=O)OCCn1cc(Br)ccc1=O. The molecule has 0 aliphatic rings. The maximum absolute atomic E-state index is 11.8. The van der Waals surface area contributed by atoms with Crippen molar-refractivity contribution in [3.05, 3.63) is 33.2 Å². The summed E-state index contributed by atoms with van der Waals surface area (Å²) in [6.07, 6.45) is 2.17. The van der Waals surface area contributed by atoms with Crippen LogP contribution in [0.25, 0.3) is 0 Å². The second kappa shape index (κ2) is 7.54. The van der Waals surface area contributed by atoms with E-state index in [9.17, 15) is 14.4 Å². The van der Waals surface area contributed by atoms with Gasteiger partial charge in [0.05, 0.1) is 13.0 Å². The third-order valence-corrected chi connectivity index (χ3v) is 3.36. The molecule has 1 heterocycles. The zero-order valence-electron chi connectivity index (χ0n) is 12.5. The first-order valence-corrected chi connectivity index (χ1v) is 7.50. The third kappa shape index (κ3) is 6.71. The molecular weight excluding hydrogens is 338 g/mol. The molecule has 0 radical (unpaired) electrons. The summed E-state index contributed by atoms with van der Waals surface area (Å²) in [6, 6.07) is 3.11. The molecule has 6 heteroatoms. The van der Waals surface area contributed by atoms with Crippen LogP contribution in [0.15, 0.2) is 27.6 Å². The van der Waals surface area contributed by atoms with Gasteiger partial charge in [-0.2, -0.15) is 0 Å². The molecule has 0 unspecified atom stereocenters. The lowest BCUT2D eigenvalue weighted by atomic mass is 9.84. The molecule has 1 aromatic rings. The maximum Gasteiger partial charge on any atom is 0.306 e. The van der Waals surface area contributed by atoms with Crippen LogP contribution >= 0.6 is 15.9 Å². The number of nitrogens with zero attached hydrogens (tertiary/aromatic N) is 1. The predicted molar refractivity (Wildman–Crippen MR) is 83.1 cm³/mol. The minimum Gasteiger partial charge on any atom is -0.464 e. The van der Waals surface area contributed by atoms with E-state index in [1.807, 2.05) is 13.8 Å². The molecule has 21 heavy (non-hydrogen) atoms. The molecule has 0 aromatic carbocycles. The lowest BCUT2D eigenvalue weighted by Crippen LogP contribution is -2.24. The summed E-state index contributed by atoms with van der Waals surface area (Å²) >= 11 is 3.28. The first-order chi connectivity index (χ1) is 9.69. The molecule has 1 aromatic heterocycles. The number of aromatic nitrogens is 1. The van der Waals surface area contributed by atoms with Crippen LogP contribution in [0, 0.1) is 5.41 Å². The van der Waals surface area contributed by atoms with Gasteiger partial charge in [-0.1, -0.05) is 13.8 Å². The Balaban J connectivity index is 2.45. The number of ketones is 1. The smallest absolute Gasteiger partial charge is 0.306 e. The van der Waals surface area contributed by atoms with Gasteiger partial charge < -0.3 is 14.1 Å². The summed E-state index contributed by atoms with van der Waals surface area (Å²) in [5, 5.41) is 0. The maximum atomic E-state index is 11.8. The number of hydrogen-bond donors (Lipinski definition) is 0. The third-order valence-electron chi connectivity index (χ3n) is 2.89. The van der Waals surface area contributed by atoms with Crippen molar-refractivity contribution < 1.29 is 14.3 Å². The minimum absolute atomic E-state index is 0.0495. The van der Waals surface area contributed by atoms with Gasteiger partial charge in [0, 0.05) is 23.2 Å². The highest BCUT2D eigenvalue weighted by Gasteiger charge is 2.24. The number of esters is 1. The summed E-state index contributed by atoms with van der Waals surface area (Å²) in [5.74, 6) is -0.308. The van der Waals surface area contributed by atoms with Gasteiger partial charge in [0.1, 0.15) is 12.4 Å². The molecule has 0 bridgehead atoms. The lowest BCUT2D eigenvalue weighted by molar-refractivity contribution is -0.146. The second-order valence-electron chi connectivity index (χ2n) is 5.82. The minimum atomic E-state index is -0.407. The van der Waals surface area contributed by atoms with Crippen molar-refractivity contribution in [3.63, 3.8) is 0 Å². The molecule has 0 saturated heterocycles. The van der Waals surface area contributed by atoms with E-state index < -0.39 is 5.41 Å². The number of carbonyl (C=O) groups excluding carboxylic acids is 2. The van der Waals surface area contributed by atoms with Gasteiger partial charge in [-0.05, 0) is 34.3 Å². The van der Waals surface area contributed by atoms with Gasteiger partial charge in [-0.15, -0.1) is 0 Å². The fourth-order valence-electron chi connectivity index (χ4n) is 2.11. The fraction of sp³-hybridized carbons (Fsp3) is 0.533. The zero-order valence-corrected chi connectivity index (χ0v) is 14.1. The molecule has 0 amide bonds. The van der Waals surface area contributed by atoms with Crippen molar-refractivity contribution in [2.24, 2.45) is 5.41 Å². The average molecular weight is 358 g/mol. The molecule has 5 nitrogen and oxygen atoms in total. The Bertz CT molecular complexity index is 577. The Morgan fingerprint density at radius 3 is 2.57 bits per heavy atom. The number of ether oxygens (including phenoxy) is 1. The van der Waals surface area contributed by atoms with E-state index in [2.05, 4.69) is 15.9 Å². The normalized spacial score (nSPS) is 11.2. The number of hydrogen-bond acceptors (Lipinski definition) is 4. The fourth-order valence-corrected chi connectivity index (χ4v) is 2.49. The molecule has 0 N–H and O–H groups in total. The molecular formula is C15H20BrNO4. The van der Waals surface area contributed by atoms with E-state index in [1.54, 1.807) is 12.3 Å². The van der Waals surface area contributed by atoms with Gasteiger partial charge in [-0.3, -0.25) is 9.59 Å². The van der Waals surface area contributed by atoms with Crippen molar-refractivity contribution in [2.75, 3.05) is 6.61 Å². The largest absolute Gasteiger partial charge is 0.464 e. The Hall–Kier alpha value is -1.43. The average Bonchev–Trinajstić information content (AvgIpc) is 2.31. The van der Waals surface area contributed by atoms with E-state index in [1.165, 1.54) is 17.6 Å². The summed E-state index contributed by atoms with van der Waals surface area (Å²) in [5.41, 5.74) is -0.554. The Morgan fingerprint density at radius 2 is 1.95 bits per heavy atom. The second-order valence-corrected chi connectivity index (χ2v) is 6.73. The van der Waals surface area contributed by atoms with Crippen LogP contribution in [0.2, 0.25) is 0 Å². The number of halogens is 1. The van der Waals surface area contributed by atoms with Crippen molar-refractivity contribution in [1.29, 1.82) is 0 Å². The van der Waals surface area contributed by atoms with E-state index in [-0.39, 0.29) is 30.3 Å². The van der Waals surface area contributed by atoms with Crippen molar-refractivity contribution in [2.45, 2.75) is 40.2 Å².